The zero-order valence-corrected chi connectivity index (χ0v) is 14.0. The van der Waals surface area contributed by atoms with E-state index in [-0.39, 0.29) is 12.5 Å². The van der Waals surface area contributed by atoms with Gasteiger partial charge in [0.1, 0.15) is 6.54 Å². The fraction of sp³-hybridized carbons (Fsp3) is 0.412. The molecular formula is C17H21ClN4O. The van der Waals surface area contributed by atoms with Crippen molar-refractivity contribution in [2.24, 2.45) is 0 Å². The molecule has 1 aliphatic heterocycles. The largest absolute Gasteiger partial charge is 0.339 e. The topological polar surface area (TPSA) is 41.4 Å². The first-order chi connectivity index (χ1) is 11.1. The Morgan fingerprint density at radius 1 is 1.17 bits per heavy atom. The van der Waals surface area contributed by atoms with Crippen molar-refractivity contribution >= 4 is 17.5 Å². The predicted molar refractivity (Wildman–Crippen MR) is 90.3 cm³/mol. The van der Waals surface area contributed by atoms with E-state index in [1.54, 1.807) is 10.9 Å². The van der Waals surface area contributed by atoms with Gasteiger partial charge in [-0.25, -0.2) is 0 Å². The molecule has 6 heteroatoms. The van der Waals surface area contributed by atoms with E-state index in [1.807, 2.05) is 17.9 Å². The summed E-state index contributed by atoms with van der Waals surface area (Å²) < 4.78 is 1.67. The molecule has 23 heavy (non-hydrogen) atoms. The molecule has 5 nitrogen and oxygen atoms in total. The van der Waals surface area contributed by atoms with Gasteiger partial charge in [-0.2, -0.15) is 5.10 Å². The first-order valence-corrected chi connectivity index (χ1v) is 8.23. The highest BCUT2D eigenvalue weighted by Crippen LogP contribution is 2.14. The van der Waals surface area contributed by atoms with Crippen LogP contribution in [-0.2, 0) is 17.9 Å². The summed E-state index contributed by atoms with van der Waals surface area (Å²) in [7, 11) is 0. The molecule has 122 valence electrons. The van der Waals surface area contributed by atoms with Gasteiger partial charge >= 0.3 is 0 Å². The van der Waals surface area contributed by atoms with E-state index in [0.717, 1.165) is 38.4 Å². The number of amides is 1. The average molecular weight is 333 g/mol. The molecule has 1 aromatic heterocycles. The molecule has 0 spiro atoms. The minimum atomic E-state index is 0.104. The predicted octanol–water partition coefficient (Wildman–Crippen LogP) is 2.19. The molecule has 1 amide bonds. The van der Waals surface area contributed by atoms with E-state index < -0.39 is 0 Å². The van der Waals surface area contributed by atoms with Crippen LogP contribution in [-0.4, -0.2) is 51.7 Å². The summed E-state index contributed by atoms with van der Waals surface area (Å²) in [6, 6.07) is 10.4. The summed E-state index contributed by atoms with van der Waals surface area (Å²) in [5.74, 6) is 0.104. The first kappa shape index (κ1) is 16.0. The Labute approximate surface area is 141 Å². The molecule has 3 rings (SSSR count). The average Bonchev–Trinajstić information content (AvgIpc) is 2.88. The van der Waals surface area contributed by atoms with Gasteiger partial charge in [0.05, 0.1) is 16.9 Å². The second-order valence-electron chi connectivity index (χ2n) is 5.88. The van der Waals surface area contributed by atoms with Crippen molar-refractivity contribution in [2.45, 2.75) is 20.0 Å². The van der Waals surface area contributed by atoms with Crippen molar-refractivity contribution in [1.29, 1.82) is 0 Å². The van der Waals surface area contributed by atoms with Crippen LogP contribution in [0.5, 0.6) is 0 Å². The molecule has 1 aromatic carbocycles. The maximum atomic E-state index is 12.4. The molecular weight excluding hydrogens is 312 g/mol. The van der Waals surface area contributed by atoms with Crippen LogP contribution in [0.2, 0.25) is 5.02 Å². The van der Waals surface area contributed by atoms with Gasteiger partial charge < -0.3 is 4.90 Å². The van der Waals surface area contributed by atoms with Crippen molar-refractivity contribution in [3.8, 4) is 0 Å². The Hall–Kier alpha value is -1.85. The van der Waals surface area contributed by atoms with Crippen LogP contribution in [0, 0.1) is 6.92 Å². The molecule has 0 radical (unpaired) electrons. The number of hydrogen-bond donors (Lipinski definition) is 0. The summed E-state index contributed by atoms with van der Waals surface area (Å²) in [5, 5.41) is 4.75. The molecule has 2 heterocycles. The monoisotopic (exact) mass is 332 g/mol. The maximum Gasteiger partial charge on any atom is 0.244 e. The highest BCUT2D eigenvalue weighted by molar-refractivity contribution is 6.31. The fourth-order valence-electron chi connectivity index (χ4n) is 2.81. The molecule has 2 aromatic rings. The number of carbonyl (C=O) groups is 1. The third kappa shape index (κ3) is 3.92. The highest BCUT2D eigenvalue weighted by atomic mass is 35.5. The summed E-state index contributed by atoms with van der Waals surface area (Å²) in [6.07, 6.45) is 1.59. The van der Waals surface area contributed by atoms with Crippen LogP contribution in [0.4, 0.5) is 0 Å². The second kappa shape index (κ2) is 7.15. The van der Waals surface area contributed by atoms with Gasteiger partial charge in [-0.15, -0.1) is 0 Å². The lowest BCUT2D eigenvalue weighted by atomic mass is 10.2. The molecule has 1 fully saturated rings. The van der Waals surface area contributed by atoms with E-state index in [4.69, 9.17) is 11.6 Å². The maximum absolute atomic E-state index is 12.4. The van der Waals surface area contributed by atoms with Gasteiger partial charge in [-0.05, 0) is 12.5 Å². The summed E-state index contributed by atoms with van der Waals surface area (Å²) in [6.45, 7) is 6.41. The molecule has 1 aliphatic rings. The molecule has 0 unspecified atom stereocenters. The third-order valence-corrected chi connectivity index (χ3v) is 4.67. The first-order valence-electron chi connectivity index (χ1n) is 7.85. The van der Waals surface area contributed by atoms with Crippen LogP contribution in [0.25, 0.3) is 0 Å². The third-order valence-electron chi connectivity index (χ3n) is 4.30. The SMILES string of the molecule is Cc1c(Cl)cnn1CC(=O)N1CCN(Cc2ccccc2)CC1. The van der Waals surface area contributed by atoms with Gasteiger partial charge in [-0.3, -0.25) is 14.4 Å². The van der Waals surface area contributed by atoms with Crippen LogP contribution in [0.3, 0.4) is 0 Å². The van der Waals surface area contributed by atoms with Gasteiger partial charge in [0.2, 0.25) is 5.91 Å². The van der Waals surface area contributed by atoms with Crippen LogP contribution in [0.15, 0.2) is 36.5 Å². The highest BCUT2D eigenvalue weighted by Gasteiger charge is 2.22. The van der Waals surface area contributed by atoms with E-state index in [2.05, 4.69) is 34.3 Å². The lowest BCUT2D eigenvalue weighted by molar-refractivity contribution is -0.133. The summed E-state index contributed by atoms with van der Waals surface area (Å²) in [5.41, 5.74) is 2.15. The number of piperazine rings is 1. The zero-order chi connectivity index (χ0) is 16.2. The van der Waals surface area contributed by atoms with E-state index in [1.165, 1.54) is 5.56 Å². The van der Waals surface area contributed by atoms with Crippen molar-refractivity contribution < 1.29 is 4.79 Å². The van der Waals surface area contributed by atoms with Gasteiger partial charge in [0.25, 0.3) is 0 Å². The van der Waals surface area contributed by atoms with E-state index in [9.17, 15) is 4.79 Å². The number of hydrogen-bond acceptors (Lipinski definition) is 3. The second-order valence-corrected chi connectivity index (χ2v) is 6.29. The molecule has 0 N–H and O–H groups in total. The molecule has 0 saturated carbocycles. The minimum absolute atomic E-state index is 0.104. The Morgan fingerprint density at radius 3 is 2.48 bits per heavy atom. The lowest BCUT2D eigenvalue weighted by Gasteiger charge is -2.34. The van der Waals surface area contributed by atoms with Gasteiger partial charge in [-0.1, -0.05) is 41.9 Å². The van der Waals surface area contributed by atoms with Crippen molar-refractivity contribution in [3.63, 3.8) is 0 Å². The fourth-order valence-corrected chi connectivity index (χ4v) is 2.95. The number of rotatable bonds is 4. The van der Waals surface area contributed by atoms with Crippen LogP contribution < -0.4 is 0 Å². The molecule has 0 aliphatic carbocycles. The summed E-state index contributed by atoms with van der Waals surface area (Å²) in [4.78, 5) is 16.7. The summed E-state index contributed by atoms with van der Waals surface area (Å²) >= 11 is 5.98. The zero-order valence-electron chi connectivity index (χ0n) is 13.3. The van der Waals surface area contributed by atoms with Crippen molar-refractivity contribution in [1.82, 2.24) is 19.6 Å². The number of nitrogens with zero attached hydrogens (tertiary/aromatic N) is 4. The smallest absolute Gasteiger partial charge is 0.244 e. The van der Waals surface area contributed by atoms with Crippen molar-refractivity contribution in [2.75, 3.05) is 26.2 Å². The van der Waals surface area contributed by atoms with Gasteiger partial charge in [0.15, 0.2) is 0 Å². The van der Waals surface area contributed by atoms with E-state index >= 15 is 0 Å². The standard InChI is InChI=1S/C17H21ClN4O/c1-14-16(18)11-19-22(14)13-17(23)21-9-7-20(8-10-21)12-15-5-3-2-4-6-15/h2-6,11H,7-10,12-13H2,1H3. The molecule has 0 bridgehead atoms. The minimum Gasteiger partial charge on any atom is -0.339 e. The lowest BCUT2D eigenvalue weighted by Crippen LogP contribution is -2.49. The molecule has 0 atom stereocenters. The normalized spacial score (nSPS) is 15.8. The molecule has 1 saturated heterocycles. The number of benzene rings is 1. The quantitative estimate of drug-likeness (QED) is 0.862. The van der Waals surface area contributed by atoms with Crippen molar-refractivity contribution in [3.05, 3.63) is 52.8 Å². The Morgan fingerprint density at radius 2 is 1.87 bits per heavy atom. The number of carbonyl (C=O) groups excluding carboxylic acids is 1. The number of halogens is 1. The van der Waals surface area contributed by atoms with Crippen LogP contribution >= 0.6 is 11.6 Å². The number of aromatic nitrogens is 2. The van der Waals surface area contributed by atoms with E-state index in [0.29, 0.717) is 5.02 Å². The Kier molecular flexibility index (Phi) is 4.98. The Bertz CT molecular complexity index is 662. The van der Waals surface area contributed by atoms with Gasteiger partial charge in [0, 0.05) is 32.7 Å². The Balaban J connectivity index is 1.50. The van der Waals surface area contributed by atoms with Crippen LogP contribution in [0.1, 0.15) is 11.3 Å².